The van der Waals surface area contributed by atoms with Gasteiger partial charge in [0.1, 0.15) is 23.3 Å². The molecule has 148 valence electrons. The first-order valence-electron chi connectivity index (χ1n) is 9.43. The van der Waals surface area contributed by atoms with Gasteiger partial charge in [-0.3, -0.25) is 4.68 Å². The summed E-state index contributed by atoms with van der Waals surface area (Å²) < 4.78 is 20.4. The van der Waals surface area contributed by atoms with Crippen molar-refractivity contribution < 1.29 is 14.2 Å². The maximum absolute atomic E-state index is 6.26. The summed E-state index contributed by atoms with van der Waals surface area (Å²) in [6, 6.07) is 2.09. The van der Waals surface area contributed by atoms with Crippen LogP contribution in [-0.2, 0) is 16.5 Å². The summed E-state index contributed by atoms with van der Waals surface area (Å²) in [5.74, 6) is 1.65. The molecule has 2 aliphatic heterocycles. The van der Waals surface area contributed by atoms with Gasteiger partial charge in [-0.2, -0.15) is 4.98 Å². The van der Waals surface area contributed by atoms with E-state index in [1.807, 2.05) is 23.9 Å². The van der Waals surface area contributed by atoms with Gasteiger partial charge in [-0.1, -0.05) is 0 Å². The number of hydrogen-bond donors (Lipinski definition) is 2. The highest BCUT2D eigenvalue weighted by Crippen LogP contribution is 2.31. The molecule has 2 fully saturated rings. The number of ether oxygens (including phenoxy) is 3. The van der Waals surface area contributed by atoms with Crippen molar-refractivity contribution in [2.45, 2.75) is 25.0 Å². The van der Waals surface area contributed by atoms with Crippen molar-refractivity contribution >= 4 is 28.5 Å². The fourth-order valence-electron chi connectivity index (χ4n) is 3.60. The second-order valence-corrected chi connectivity index (χ2v) is 7.21. The van der Waals surface area contributed by atoms with Crippen LogP contribution in [0.1, 0.15) is 18.9 Å². The van der Waals surface area contributed by atoms with Crippen LogP contribution in [0.15, 0.2) is 18.5 Å². The van der Waals surface area contributed by atoms with Gasteiger partial charge in [0.25, 0.3) is 5.88 Å². The van der Waals surface area contributed by atoms with Crippen molar-refractivity contribution in [2.24, 2.45) is 7.05 Å². The Labute approximate surface area is 161 Å². The zero-order chi connectivity index (χ0) is 19.1. The first-order valence-corrected chi connectivity index (χ1v) is 9.43. The van der Waals surface area contributed by atoms with Crippen molar-refractivity contribution in [3.8, 4) is 5.88 Å². The Balaban J connectivity index is 1.45. The molecule has 10 nitrogen and oxygen atoms in total. The van der Waals surface area contributed by atoms with E-state index in [-0.39, 0.29) is 12.1 Å². The average Bonchev–Trinajstić information content (AvgIpc) is 3.17. The maximum atomic E-state index is 6.26. The largest absolute Gasteiger partial charge is 0.467 e. The summed E-state index contributed by atoms with van der Waals surface area (Å²) in [6.07, 6.45) is 5.68. The lowest BCUT2D eigenvalue weighted by Crippen LogP contribution is -2.38. The molecule has 3 N–H and O–H groups in total. The van der Waals surface area contributed by atoms with Gasteiger partial charge < -0.3 is 29.8 Å². The van der Waals surface area contributed by atoms with Crippen LogP contribution in [0.3, 0.4) is 0 Å². The lowest BCUT2D eigenvalue weighted by molar-refractivity contribution is -0.0812. The molecule has 28 heavy (non-hydrogen) atoms. The fourth-order valence-corrected chi connectivity index (χ4v) is 3.60. The molecule has 2 aliphatic rings. The highest BCUT2D eigenvalue weighted by Gasteiger charge is 2.24. The van der Waals surface area contributed by atoms with Gasteiger partial charge in [-0.25, -0.2) is 4.98 Å². The van der Waals surface area contributed by atoms with E-state index >= 15 is 0 Å². The van der Waals surface area contributed by atoms with Gasteiger partial charge in [-0.15, -0.1) is 5.10 Å². The van der Waals surface area contributed by atoms with Gasteiger partial charge in [-0.05, 0) is 18.9 Å². The van der Waals surface area contributed by atoms with Crippen LogP contribution >= 0.6 is 0 Å². The first-order chi connectivity index (χ1) is 13.7. The van der Waals surface area contributed by atoms with E-state index in [2.05, 4.69) is 15.4 Å². The van der Waals surface area contributed by atoms with Crippen molar-refractivity contribution in [2.75, 3.05) is 37.5 Å². The number of aromatic nitrogens is 5. The topological polar surface area (TPSA) is 114 Å². The average molecular weight is 385 g/mol. The van der Waals surface area contributed by atoms with E-state index in [1.165, 1.54) is 0 Å². The molecule has 0 saturated carbocycles. The predicted molar refractivity (Wildman–Crippen MR) is 103 cm³/mol. The van der Waals surface area contributed by atoms with Gasteiger partial charge in [0, 0.05) is 25.2 Å². The molecule has 10 heteroatoms. The van der Waals surface area contributed by atoms with E-state index in [0.29, 0.717) is 43.2 Å². The smallest absolute Gasteiger partial charge is 0.257 e. The summed E-state index contributed by atoms with van der Waals surface area (Å²) in [6.45, 7) is 2.60. The fraction of sp³-hybridized carbons (Fsp3) is 0.500. The zero-order valence-electron chi connectivity index (χ0n) is 15.7. The number of nitrogens with zero attached hydrogens (tertiary/aromatic N) is 5. The molecule has 3 aromatic rings. The summed E-state index contributed by atoms with van der Waals surface area (Å²) in [5, 5.41) is 8.49. The van der Waals surface area contributed by atoms with E-state index < -0.39 is 0 Å². The Morgan fingerprint density at radius 1 is 1.29 bits per heavy atom. The normalized spacial score (nSPS) is 20.2. The number of anilines is 3. The van der Waals surface area contributed by atoms with Crippen molar-refractivity contribution in [1.82, 2.24) is 24.3 Å². The molecule has 0 radical (unpaired) electrons. The molecule has 0 unspecified atom stereocenters. The minimum atomic E-state index is 0.0298. The molecule has 5 rings (SSSR count). The van der Waals surface area contributed by atoms with Crippen LogP contribution in [0, 0.1) is 0 Å². The Morgan fingerprint density at radius 2 is 2.18 bits per heavy atom. The van der Waals surface area contributed by atoms with Crippen LogP contribution < -0.4 is 15.8 Å². The van der Waals surface area contributed by atoms with Crippen LogP contribution in [0.5, 0.6) is 5.88 Å². The van der Waals surface area contributed by atoms with E-state index in [4.69, 9.17) is 24.9 Å². The minimum absolute atomic E-state index is 0.0298. The minimum Gasteiger partial charge on any atom is -0.467 e. The number of hydrogen-bond acceptors (Lipinski definition) is 8. The van der Waals surface area contributed by atoms with Crippen LogP contribution in [0.4, 0.5) is 17.5 Å². The monoisotopic (exact) mass is 385 g/mol. The van der Waals surface area contributed by atoms with E-state index in [9.17, 15) is 0 Å². The molecule has 0 amide bonds. The molecule has 1 atom stereocenters. The van der Waals surface area contributed by atoms with Gasteiger partial charge in [0.2, 0.25) is 5.95 Å². The molecule has 5 heterocycles. The number of rotatable bonds is 5. The molecule has 0 aromatic carbocycles. The highest BCUT2D eigenvalue weighted by atomic mass is 16.6. The number of nitrogens with two attached hydrogens (primary N) is 1. The Kier molecular flexibility index (Phi) is 4.29. The molecule has 3 aromatic heterocycles. The quantitative estimate of drug-likeness (QED) is 0.681. The second-order valence-electron chi connectivity index (χ2n) is 7.21. The van der Waals surface area contributed by atoms with Gasteiger partial charge in [0.05, 0.1) is 32.1 Å². The standard InChI is InChI=1S/C18H23N7O3/c1-24-7-14(17(23-24)28-13-9-27-10-13)21-18-20-6-11-5-15(19)25(16(11)22-18)12-3-2-4-26-8-12/h5-7,12-13H,2-4,8-10,19H2,1H3,(H,20,21,22)/t12-/m0/s1. The lowest BCUT2D eigenvalue weighted by atomic mass is 10.1. The molecule has 0 spiro atoms. The summed E-state index contributed by atoms with van der Waals surface area (Å²) in [5.41, 5.74) is 7.77. The SMILES string of the molecule is Cn1cc(Nc2ncc3cc(N)n([C@H]4CCCOC4)c3n2)c(OC2COC2)n1. The van der Waals surface area contributed by atoms with Crippen molar-refractivity contribution in [3.63, 3.8) is 0 Å². The number of nitrogens with one attached hydrogen (secondary N) is 1. The van der Waals surface area contributed by atoms with Crippen molar-refractivity contribution in [3.05, 3.63) is 18.5 Å². The molecular weight excluding hydrogens is 362 g/mol. The third kappa shape index (κ3) is 3.14. The summed E-state index contributed by atoms with van der Waals surface area (Å²) in [4.78, 5) is 9.14. The Morgan fingerprint density at radius 3 is 2.93 bits per heavy atom. The zero-order valence-corrected chi connectivity index (χ0v) is 15.7. The van der Waals surface area contributed by atoms with Gasteiger partial charge in [0.15, 0.2) is 0 Å². The third-order valence-electron chi connectivity index (χ3n) is 5.03. The first kappa shape index (κ1) is 17.3. The second kappa shape index (κ2) is 6.95. The predicted octanol–water partition coefficient (Wildman–Crippen LogP) is 1.62. The van der Waals surface area contributed by atoms with E-state index in [0.717, 1.165) is 30.5 Å². The van der Waals surface area contributed by atoms with Crippen LogP contribution in [-0.4, -0.2) is 56.8 Å². The third-order valence-corrected chi connectivity index (χ3v) is 5.03. The van der Waals surface area contributed by atoms with Crippen molar-refractivity contribution in [1.29, 1.82) is 0 Å². The Hall–Kier alpha value is -2.85. The van der Waals surface area contributed by atoms with Crippen LogP contribution in [0.2, 0.25) is 0 Å². The summed E-state index contributed by atoms with van der Waals surface area (Å²) >= 11 is 0. The molecule has 2 saturated heterocycles. The number of aryl methyl sites for hydroxylation is 1. The van der Waals surface area contributed by atoms with Gasteiger partial charge >= 0.3 is 0 Å². The molecular formula is C18H23N7O3. The lowest BCUT2D eigenvalue weighted by Gasteiger charge is -2.26. The number of nitrogen functional groups attached to an aromatic ring is 1. The summed E-state index contributed by atoms with van der Waals surface area (Å²) in [7, 11) is 1.84. The van der Waals surface area contributed by atoms with E-state index in [1.54, 1.807) is 10.9 Å². The van der Waals surface area contributed by atoms with Crippen LogP contribution in [0.25, 0.3) is 11.0 Å². The number of fused-ring (bicyclic) bond motifs is 1. The molecule has 0 aliphatic carbocycles. The Bertz CT molecular complexity index is 989. The molecule has 0 bridgehead atoms. The highest BCUT2D eigenvalue weighted by molar-refractivity contribution is 5.82. The maximum Gasteiger partial charge on any atom is 0.257 e.